The molecule has 0 spiro atoms. The monoisotopic (exact) mass is 263 g/mol. The van der Waals surface area contributed by atoms with Gasteiger partial charge in [-0.05, 0) is 19.0 Å². The first kappa shape index (κ1) is 14.2. The van der Waals surface area contributed by atoms with Gasteiger partial charge >= 0.3 is 0 Å². The lowest BCUT2D eigenvalue weighted by Gasteiger charge is -2.28. The summed E-state index contributed by atoms with van der Waals surface area (Å²) in [6.45, 7) is 4.09. The van der Waals surface area contributed by atoms with Gasteiger partial charge in [-0.15, -0.1) is 0 Å². The lowest BCUT2D eigenvalue weighted by atomic mass is 10.00. The van der Waals surface area contributed by atoms with Crippen molar-refractivity contribution in [2.75, 3.05) is 20.3 Å². The van der Waals surface area contributed by atoms with E-state index in [4.69, 9.17) is 9.47 Å². The van der Waals surface area contributed by atoms with Crippen molar-refractivity contribution in [2.45, 2.75) is 45.1 Å². The Morgan fingerprint density at radius 1 is 1.32 bits per heavy atom. The molecule has 0 aliphatic carbocycles. The fourth-order valence-corrected chi connectivity index (χ4v) is 2.60. The number of fused-ring (bicyclic) bond motifs is 1. The number of rotatable bonds is 7. The second-order valence-electron chi connectivity index (χ2n) is 5.08. The quantitative estimate of drug-likeness (QED) is 0.761. The van der Waals surface area contributed by atoms with Crippen LogP contribution in [0.3, 0.4) is 0 Å². The van der Waals surface area contributed by atoms with Gasteiger partial charge in [-0.25, -0.2) is 0 Å². The van der Waals surface area contributed by atoms with Crippen molar-refractivity contribution in [1.29, 1.82) is 0 Å². The van der Waals surface area contributed by atoms with Gasteiger partial charge < -0.3 is 14.8 Å². The van der Waals surface area contributed by atoms with E-state index in [1.54, 1.807) is 7.11 Å². The molecule has 1 aliphatic heterocycles. The van der Waals surface area contributed by atoms with E-state index in [1.807, 2.05) is 12.1 Å². The van der Waals surface area contributed by atoms with Gasteiger partial charge in [0.25, 0.3) is 0 Å². The maximum Gasteiger partial charge on any atom is 0.165 e. The average Bonchev–Trinajstić information content (AvgIpc) is 2.46. The predicted molar refractivity (Wildman–Crippen MR) is 78.0 cm³/mol. The number of hydrogen-bond acceptors (Lipinski definition) is 3. The van der Waals surface area contributed by atoms with Crippen LogP contribution in [-0.4, -0.2) is 20.3 Å². The van der Waals surface area contributed by atoms with Crippen LogP contribution in [0.2, 0.25) is 0 Å². The molecule has 19 heavy (non-hydrogen) atoms. The summed E-state index contributed by atoms with van der Waals surface area (Å²) < 4.78 is 11.1. The Labute approximate surface area is 116 Å². The molecule has 106 valence electrons. The van der Waals surface area contributed by atoms with Crippen molar-refractivity contribution in [1.82, 2.24) is 5.32 Å². The normalized spacial score (nSPS) is 17.7. The minimum Gasteiger partial charge on any atom is -0.493 e. The molecule has 0 radical (unpaired) electrons. The summed E-state index contributed by atoms with van der Waals surface area (Å²) in [6.07, 6.45) is 6.23. The van der Waals surface area contributed by atoms with Crippen molar-refractivity contribution >= 4 is 0 Å². The molecule has 2 rings (SSSR count). The Kier molecular flexibility index (Phi) is 5.52. The number of benzene rings is 1. The van der Waals surface area contributed by atoms with Crippen LogP contribution in [0, 0.1) is 0 Å². The van der Waals surface area contributed by atoms with E-state index < -0.39 is 0 Å². The molecule has 1 atom stereocenters. The first-order valence-electron chi connectivity index (χ1n) is 7.40. The molecular weight excluding hydrogens is 238 g/mol. The van der Waals surface area contributed by atoms with E-state index in [0.717, 1.165) is 31.1 Å². The third-order valence-electron chi connectivity index (χ3n) is 3.68. The van der Waals surface area contributed by atoms with Gasteiger partial charge in [0, 0.05) is 18.0 Å². The van der Waals surface area contributed by atoms with Gasteiger partial charge in [0.2, 0.25) is 0 Å². The van der Waals surface area contributed by atoms with E-state index in [-0.39, 0.29) is 0 Å². The summed E-state index contributed by atoms with van der Waals surface area (Å²) in [5.74, 6) is 1.76. The SMILES string of the molecule is CCCCCCNC1CCOc2c(OC)cccc21. The predicted octanol–water partition coefficient (Wildman–Crippen LogP) is 3.69. The van der Waals surface area contributed by atoms with Gasteiger partial charge in [0.1, 0.15) is 0 Å². The van der Waals surface area contributed by atoms with Crippen LogP contribution in [-0.2, 0) is 0 Å². The topological polar surface area (TPSA) is 30.5 Å². The molecule has 3 nitrogen and oxygen atoms in total. The minimum absolute atomic E-state index is 0.403. The molecule has 0 amide bonds. The van der Waals surface area contributed by atoms with E-state index in [1.165, 1.54) is 31.2 Å². The van der Waals surface area contributed by atoms with Crippen LogP contribution in [0.1, 0.15) is 50.6 Å². The molecule has 1 unspecified atom stereocenters. The minimum atomic E-state index is 0.403. The van der Waals surface area contributed by atoms with Crippen LogP contribution >= 0.6 is 0 Å². The Balaban J connectivity index is 1.94. The van der Waals surface area contributed by atoms with Gasteiger partial charge in [-0.2, -0.15) is 0 Å². The summed E-state index contributed by atoms with van der Waals surface area (Å²) in [5, 5.41) is 3.65. The van der Waals surface area contributed by atoms with Crippen molar-refractivity contribution < 1.29 is 9.47 Å². The number of ether oxygens (including phenoxy) is 2. The fourth-order valence-electron chi connectivity index (χ4n) is 2.60. The number of hydrogen-bond donors (Lipinski definition) is 1. The maximum absolute atomic E-state index is 5.76. The van der Waals surface area contributed by atoms with E-state index in [0.29, 0.717) is 6.04 Å². The lowest BCUT2D eigenvalue weighted by molar-refractivity contribution is 0.239. The third-order valence-corrected chi connectivity index (χ3v) is 3.68. The highest BCUT2D eigenvalue weighted by Crippen LogP contribution is 2.39. The molecule has 1 N–H and O–H groups in total. The zero-order valence-corrected chi connectivity index (χ0v) is 12.1. The number of para-hydroxylation sites is 1. The highest BCUT2D eigenvalue weighted by atomic mass is 16.5. The zero-order valence-electron chi connectivity index (χ0n) is 12.1. The molecule has 0 fully saturated rings. The van der Waals surface area contributed by atoms with Crippen LogP contribution in [0.15, 0.2) is 18.2 Å². The molecular formula is C16H25NO2. The highest BCUT2D eigenvalue weighted by Gasteiger charge is 2.23. The summed E-state index contributed by atoms with van der Waals surface area (Å²) in [4.78, 5) is 0. The van der Waals surface area contributed by atoms with Gasteiger partial charge in [-0.1, -0.05) is 38.3 Å². The van der Waals surface area contributed by atoms with Crippen molar-refractivity contribution in [2.24, 2.45) is 0 Å². The standard InChI is InChI=1S/C16H25NO2/c1-3-4-5-6-11-17-14-10-12-19-16-13(14)8-7-9-15(16)18-2/h7-9,14,17H,3-6,10-12H2,1-2H3. The van der Waals surface area contributed by atoms with E-state index in [2.05, 4.69) is 18.3 Å². The molecule has 1 aromatic carbocycles. The first-order chi connectivity index (χ1) is 9.36. The van der Waals surface area contributed by atoms with E-state index >= 15 is 0 Å². The Bertz CT molecular complexity index is 392. The Morgan fingerprint density at radius 2 is 2.21 bits per heavy atom. The largest absolute Gasteiger partial charge is 0.493 e. The summed E-state index contributed by atoms with van der Waals surface area (Å²) in [5.41, 5.74) is 1.24. The van der Waals surface area contributed by atoms with Gasteiger partial charge in [-0.3, -0.25) is 0 Å². The van der Waals surface area contributed by atoms with Crippen LogP contribution < -0.4 is 14.8 Å². The van der Waals surface area contributed by atoms with E-state index in [9.17, 15) is 0 Å². The summed E-state index contributed by atoms with van der Waals surface area (Å²) in [7, 11) is 1.70. The molecule has 3 heteroatoms. The van der Waals surface area contributed by atoms with Crippen molar-refractivity contribution in [3.05, 3.63) is 23.8 Å². The maximum atomic E-state index is 5.76. The van der Waals surface area contributed by atoms with Crippen molar-refractivity contribution in [3.8, 4) is 11.5 Å². The van der Waals surface area contributed by atoms with Crippen LogP contribution in [0.4, 0.5) is 0 Å². The summed E-state index contributed by atoms with van der Waals surface area (Å²) >= 11 is 0. The molecule has 0 saturated heterocycles. The van der Waals surface area contributed by atoms with Gasteiger partial charge in [0.05, 0.1) is 13.7 Å². The first-order valence-corrected chi connectivity index (χ1v) is 7.40. The zero-order chi connectivity index (χ0) is 13.5. The van der Waals surface area contributed by atoms with Crippen LogP contribution in [0.25, 0.3) is 0 Å². The molecule has 1 heterocycles. The number of methoxy groups -OCH3 is 1. The molecule has 1 aliphatic rings. The van der Waals surface area contributed by atoms with Crippen LogP contribution in [0.5, 0.6) is 11.5 Å². The second kappa shape index (κ2) is 7.39. The highest BCUT2D eigenvalue weighted by molar-refractivity contribution is 5.49. The number of unbranched alkanes of at least 4 members (excludes halogenated alkanes) is 3. The van der Waals surface area contributed by atoms with Gasteiger partial charge in [0.15, 0.2) is 11.5 Å². The molecule has 0 saturated carbocycles. The third kappa shape index (κ3) is 3.63. The Hall–Kier alpha value is -1.22. The second-order valence-corrected chi connectivity index (χ2v) is 5.08. The molecule has 0 bridgehead atoms. The lowest BCUT2D eigenvalue weighted by Crippen LogP contribution is -2.28. The molecule has 0 aromatic heterocycles. The summed E-state index contributed by atoms with van der Waals surface area (Å²) in [6, 6.07) is 6.54. The smallest absolute Gasteiger partial charge is 0.165 e. The fraction of sp³-hybridized carbons (Fsp3) is 0.625. The average molecular weight is 263 g/mol. The van der Waals surface area contributed by atoms with Crippen molar-refractivity contribution in [3.63, 3.8) is 0 Å². The Morgan fingerprint density at radius 3 is 3.00 bits per heavy atom. The molecule has 1 aromatic rings. The number of nitrogens with one attached hydrogen (secondary N) is 1.